The van der Waals surface area contributed by atoms with E-state index in [4.69, 9.17) is 9.15 Å². The number of hydrogen-bond acceptors (Lipinski definition) is 5. The van der Waals surface area contributed by atoms with E-state index < -0.39 is 0 Å². The van der Waals surface area contributed by atoms with Crippen molar-refractivity contribution in [2.45, 2.75) is 19.9 Å². The van der Waals surface area contributed by atoms with Gasteiger partial charge < -0.3 is 14.1 Å². The van der Waals surface area contributed by atoms with Crippen LogP contribution in [-0.4, -0.2) is 53.6 Å². The highest BCUT2D eigenvalue weighted by atomic mass is 16.5. The SMILES string of the molecule is COc1ccc(CN2CCCN(C(=O)c3c(C)oc(-n4cccc4)c3C#N)CC2)cc1. The Balaban J connectivity index is 1.47. The number of aromatic nitrogens is 1. The molecule has 0 atom stereocenters. The first kappa shape index (κ1) is 20.8. The summed E-state index contributed by atoms with van der Waals surface area (Å²) >= 11 is 0. The molecule has 1 aliphatic rings. The maximum Gasteiger partial charge on any atom is 0.258 e. The van der Waals surface area contributed by atoms with Crippen LogP contribution in [-0.2, 0) is 6.54 Å². The van der Waals surface area contributed by atoms with Crippen molar-refractivity contribution in [2.75, 3.05) is 33.3 Å². The van der Waals surface area contributed by atoms with Crippen molar-refractivity contribution in [1.29, 1.82) is 5.26 Å². The Labute approximate surface area is 182 Å². The van der Waals surface area contributed by atoms with Crippen molar-refractivity contribution in [3.05, 3.63) is 71.2 Å². The van der Waals surface area contributed by atoms with E-state index in [-0.39, 0.29) is 11.5 Å². The van der Waals surface area contributed by atoms with Crippen LogP contribution < -0.4 is 4.74 Å². The normalized spacial score (nSPS) is 14.8. The van der Waals surface area contributed by atoms with E-state index in [0.717, 1.165) is 31.8 Å². The van der Waals surface area contributed by atoms with E-state index >= 15 is 0 Å². The van der Waals surface area contributed by atoms with Crippen LogP contribution in [0.15, 0.2) is 53.2 Å². The summed E-state index contributed by atoms with van der Waals surface area (Å²) in [5, 5.41) is 9.75. The third kappa shape index (κ3) is 4.35. The Kier molecular flexibility index (Phi) is 6.10. The molecular formula is C24H26N4O3. The highest BCUT2D eigenvalue weighted by molar-refractivity contribution is 5.98. The first-order valence-electron chi connectivity index (χ1n) is 10.4. The molecule has 1 saturated heterocycles. The molecule has 3 heterocycles. The number of hydrogen-bond donors (Lipinski definition) is 0. The summed E-state index contributed by atoms with van der Waals surface area (Å²) in [7, 11) is 1.66. The molecule has 7 heteroatoms. The summed E-state index contributed by atoms with van der Waals surface area (Å²) in [4.78, 5) is 17.5. The van der Waals surface area contributed by atoms with Gasteiger partial charge in [0.2, 0.25) is 5.88 Å². The zero-order chi connectivity index (χ0) is 21.8. The van der Waals surface area contributed by atoms with Crippen LogP contribution in [0.1, 0.15) is 33.7 Å². The zero-order valence-corrected chi connectivity index (χ0v) is 17.9. The van der Waals surface area contributed by atoms with Crippen molar-refractivity contribution in [2.24, 2.45) is 0 Å². The second-order valence-electron chi connectivity index (χ2n) is 7.69. The number of carbonyl (C=O) groups excluding carboxylic acids is 1. The monoisotopic (exact) mass is 418 g/mol. The summed E-state index contributed by atoms with van der Waals surface area (Å²) in [6.45, 7) is 5.55. The molecule has 160 valence electrons. The number of amides is 1. The molecule has 0 aliphatic carbocycles. The van der Waals surface area contributed by atoms with Gasteiger partial charge in [-0.05, 0) is 43.2 Å². The molecule has 1 aromatic carbocycles. The molecule has 0 radical (unpaired) electrons. The molecule has 31 heavy (non-hydrogen) atoms. The quantitative estimate of drug-likeness (QED) is 0.633. The lowest BCUT2D eigenvalue weighted by Gasteiger charge is -2.22. The number of rotatable bonds is 5. The minimum absolute atomic E-state index is 0.137. The smallest absolute Gasteiger partial charge is 0.258 e. The lowest BCUT2D eigenvalue weighted by atomic mass is 10.1. The first-order chi connectivity index (χ1) is 15.1. The van der Waals surface area contributed by atoms with Crippen LogP contribution in [0.2, 0.25) is 0 Å². The van der Waals surface area contributed by atoms with Crippen molar-refractivity contribution in [3.63, 3.8) is 0 Å². The summed E-state index contributed by atoms with van der Waals surface area (Å²) in [6, 6.07) is 14.0. The lowest BCUT2D eigenvalue weighted by molar-refractivity contribution is 0.0759. The Morgan fingerprint density at radius 3 is 2.55 bits per heavy atom. The molecule has 3 aromatic rings. The number of ether oxygens (including phenoxy) is 1. The van der Waals surface area contributed by atoms with E-state index in [9.17, 15) is 10.1 Å². The van der Waals surface area contributed by atoms with Crippen LogP contribution >= 0.6 is 0 Å². The maximum atomic E-state index is 13.3. The largest absolute Gasteiger partial charge is 0.497 e. The lowest BCUT2D eigenvalue weighted by Crippen LogP contribution is -2.35. The number of nitriles is 1. The topological polar surface area (TPSA) is 74.6 Å². The van der Waals surface area contributed by atoms with E-state index in [1.807, 2.05) is 29.2 Å². The average molecular weight is 418 g/mol. The van der Waals surface area contributed by atoms with Gasteiger partial charge in [0.1, 0.15) is 28.7 Å². The van der Waals surface area contributed by atoms with Crippen molar-refractivity contribution in [1.82, 2.24) is 14.4 Å². The molecular weight excluding hydrogens is 392 g/mol. The summed E-state index contributed by atoms with van der Waals surface area (Å²) in [5.41, 5.74) is 1.88. The van der Waals surface area contributed by atoms with Crippen LogP contribution in [0.5, 0.6) is 5.75 Å². The first-order valence-corrected chi connectivity index (χ1v) is 10.4. The molecule has 1 amide bonds. The molecule has 1 fully saturated rings. The van der Waals surface area contributed by atoms with Crippen LogP contribution in [0, 0.1) is 18.3 Å². The van der Waals surface area contributed by atoms with Gasteiger partial charge in [0.25, 0.3) is 5.91 Å². The van der Waals surface area contributed by atoms with Gasteiger partial charge in [0, 0.05) is 45.1 Å². The molecule has 0 spiro atoms. The fourth-order valence-corrected chi connectivity index (χ4v) is 4.02. The van der Waals surface area contributed by atoms with Crippen LogP contribution in [0.3, 0.4) is 0 Å². The molecule has 0 saturated carbocycles. The number of benzene rings is 1. The predicted octanol–water partition coefficient (Wildman–Crippen LogP) is 3.61. The van der Waals surface area contributed by atoms with Crippen LogP contribution in [0.4, 0.5) is 0 Å². The second-order valence-corrected chi connectivity index (χ2v) is 7.69. The Bertz CT molecular complexity index is 1080. The number of methoxy groups -OCH3 is 1. The third-order valence-corrected chi connectivity index (χ3v) is 5.67. The highest BCUT2D eigenvalue weighted by Gasteiger charge is 2.29. The Hall–Kier alpha value is -3.50. The van der Waals surface area contributed by atoms with Gasteiger partial charge in [-0.15, -0.1) is 0 Å². The Morgan fingerprint density at radius 1 is 1.13 bits per heavy atom. The summed E-state index contributed by atoms with van der Waals surface area (Å²) in [6.07, 6.45) is 4.48. The van der Waals surface area contributed by atoms with Crippen molar-refractivity contribution < 1.29 is 13.9 Å². The van der Waals surface area contributed by atoms with Gasteiger partial charge in [-0.3, -0.25) is 14.3 Å². The standard InChI is InChI=1S/C24H26N4O3/c1-18-22(21(16-25)24(31-18)28-11-3-4-12-28)23(29)27-13-5-10-26(14-15-27)17-19-6-8-20(30-2)9-7-19/h3-4,6-9,11-12H,5,10,13-15,17H2,1-2H3. The fraction of sp³-hybridized carbons (Fsp3) is 0.333. The van der Waals surface area contributed by atoms with Crippen LogP contribution in [0.25, 0.3) is 5.88 Å². The molecule has 2 aromatic heterocycles. The summed E-state index contributed by atoms with van der Waals surface area (Å²) in [5.74, 6) is 1.58. The fourth-order valence-electron chi connectivity index (χ4n) is 4.02. The van der Waals surface area contributed by atoms with E-state index in [2.05, 4.69) is 23.1 Å². The van der Waals surface area contributed by atoms with Crippen molar-refractivity contribution in [3.8, 4) is 17.7 Å². The minimum Gasteiger partial charge on any atom is -0.497 e. The molecule has 7 nitrogen and oxygen atoms in total. The van der Waals surface area contributed by atoms with Gasteiger partial charge in [0.15, 0.2) is 0 Å². The van der Waals surface area contributed by atoms with Gasteiger partial charge in [-0.2, -0.15) is 5.26 Å². The zero-order valence-electron chi connectivity index (χ0n) is 17.9. The molecule has 4 rings (SSSR count). The van der Waals surface area contributed by atoms with E-state index in [1.165, 1.54) is 5.56 Å². The second kappa shape index (κ2) is 9.11. The molecule has 0 unspecified atom stereocenters. The number of nitrogens with zero attached hydrogens (tertiary/aromatic N) is 4. The number of furan rings is 1. The molecule has 1 aliphatic heterocycles. The van der Waals surface area contributed by atoms with Gasteiger partial charge >= 0.3 is 0 Å². The minimum atomic E-state index is -0.137. The number of carbonyl (C=O) groups is 1. The maximum absolute atomic E-state index is 13.3. The molecule has 0 bridgehead atoms. The van der Waals surface area contributed by atoms with Gasteiger partial charge in [0.05, 0.1) is 7.11 Å². The Morgan fingerprint density at radius 2 is 1.87 bits per heavy atom. The predicted molar refractivity (Wildman–Crippen MR) is 116 cm³/mol. The van der Waals surface area contributed by atoms with E-state index in [0.29, 0.717) is 30.3 Å². The third-order valence-electron chi connectivity index (χ3n) is 5.67. The van der Waals surface area contributed by atoms with E-state index in [1.54, 1.807) is 31.0 Å². The average Bonchev–Trinajstić information content (AvgIpc) is 3.36. The van der Waals surface area contributed by atoms with Crippen molar-refractivity contribution >= 4 is 5.91 Å². The van der Waals surface area contributed by atoms with Gasteiger partial charge in [-0.1, -0.05) is 12.1 Å². The van der Waals surface area contributed by atoms with Gasteiger partial charge in [-0.25, -0.2) is 0 Å². The molecule has 0 N–H and O–H groups in total. The highest BCUT2D eigenvalue weighted by Crippen LogP contribution is 2.27. The summed E-state index contributed by atoms with van der Waals surface area (Å²) < 4.78 is 12.8. The number of aryl methyl sites for hydroxylation is 1.